The van der Waals surface area contributed by atoms with Crippen LogP contribution in [0.2, 0.25) is 0 Å². The molecule has 1 aromatic carbocycles. The molecule has 1 aromatic heterocycles. The highest BCUT2D eigenvalue weighted by Crippen LogP contribution is 2.27. The van der Waals surface area contributed by atoms with E-state index < -0.39 is 11.9 Å². The molecule has 0 saturated heterocycles. The maximum Gasteiger partial charge on any atom is 0.414 e. The number of carboxylic acid groups (broad SMARTS) is 2. The Bertz CT molecular complexity index is 662. The average molecular weight is 292 g/mol. The van der Waals surface area contributed by atoms with E-state index in [0.29, 0.717) is 6.54 Å². The molecule has 0 fully saturated rings. The third-order valence-electron chi connectivity index (χ3n) is 3.27. The number of aromatic amines is 1. The number of carboxylic acids is 2. The molecule has 0 radical (unpaired) electrons. The number of benzene rings is 1. The second-order valence-corrected chi connectivity index (χ2v) is 4.83. The van der Waals surface area contributed by atoms with Gasteiger partial charge in [-0.2, -0.15) is 0 Å². The van der Waals surface area contributed by atoms with Gasteiger partial charge in [0.25, 0.3) is 0 Å². The number of aliphatic carboxylic acids is 2. The largest absolute Gasteiger partial charge is 0.473 e. The fourth-order valence-electron chi connectivity index (χ4n) is 2.27. The van der Waals surface area contributed by atoms with Gasteiger partial charge in [0, 0.05) is 16.6 Å². The maximum absolute atomic E-state index is 9.10. The summed E-state index contributed by atoms with van der Waals surface area (Å²) in [6.07, 6.45) is 0.954. The molecule has 21 heavy (non-hydrogen) atoms. The van der Waals surface area contributed by atoms with Crippen LogP contribution in [-0.4, -0.2) is 33.7 Å². The molecule has 0 atom stereocenters. The number of hydrogen-bond donors (Lipinski definition) is 4. The number of fused-ring (bicyclic) bond motifs is 1. The number of rotatable bonds is 2. The summed E-state index contributed by atoms with van der Waals surface area (Å²) in [4.78, 5) is 21.7. The molecule has 0 aliphatic rings. The smallest absolute Gasteiger partial charge is 0.414 e. The topological polar surface area (TPSA) is 116 Å². The number of H-pyrrole nitrogens is 1. The molecule has 6 heteroatoms. The van der Waals surface area contributed by atoms with Crippen molar-refractivity contribution in [2.24, 2.45) is 5.73 Å². The van der Waals surface area contributed by atoms with Crippen LogP contribution in [0, 0.1) is 20.8 Å². The normalized spacial score (nSPS) is 10.1. The molecule has 2 rings (SSSR count). The van der Waals surface area contributed by atoms with Gasteiger partial charge in [0.15, 0.2) is 0 Å². The van der Waals surface area contributed by atoms with Crippen LogP contribution in [0.4, 0.5) is 0 Å². The van der Waals surface area contributed by atoms with Gasteiger partial charge in [0.05, 0.1) is 0 Å². The minimum Gasteiger partial charge on any atom is -0.473 e. The van der Waals surface area contributed by atoms with Crippen molar-refractivity contribution in [3.63, 3.8) is 0 Å². The standard InChI is InChI=1S/C13H18N2.C2H2O4/c1-8-4-5-9(2)13-12(8)11(6-7-14)10(3)15-13;3-1(4)2(5)6/h4-5,15H,6-7,14H2,1-3H3;(H,3,4)(H,5,6). The van der Waals surface area contributed by atoms with Gasteiger partial charge in [0.2, 0.25) is 0 Å². The lowest BCUT2D eigenvalue weighted by Gasteiger charge is -2.03. The molecular weight excluding hydrogens is 272 g/mol. The molecule has 0 spiro atoms. The second-order valence-electron chi connectivity index (χ2n) is 4.83. The van der Waals surface area contributed by atoms with E-state index in [9.17, 15) is 0 Å². The van der Waals surface area contributed by atoms with Gasteiger partial charge >= 0.3 is 11.9 Å². The molecule has 0 aliphatic heterocycles. The molecule has 0 bridgehead atoms. The van der Waals surface area contributed by atoms with Crippen molar-refractivity contribution in [1.29, 1.82) is 0 Å². The number of nitrogens with one attached hydrogen (secondary N) is 1. The molecule has 114 valence electrons. The first-order valence-corrected chi connectivity index (χ1v) is 6.53. The minimum absolute atomic E-state index is 0.709. The summed E-state index contributed by atoms with van der Waals surface area (Å²) in [6, 6.07) is 4.35. The molecule has 0 amide bonds. The predicted molar refractivity (Wildman–Crippen MR) is 80.5 cm³/mol. The summed E-state index contributed by atoms with van der Waals surface area (Å²) in [5.41, 5.74) is 12.2. The summed E-state index contributed by atoms with van der Waals surface area (Å²) in [5.74, 6) is -3.65. The van der Waals surface area contributed by atoms with Crippen LogP contribution in [0.3, 0.4) is 0 Å². The molecular formula is C15H20N2O4. The zero-order valence-corrected chi connectivity index (χ0v) is 12.4. The van der Waals surface area contributed by atoms with E-state index in [-0.39, 0.29) is 0 Å². The molecule has 0 unspecified atom stereocenters. The van der Waals surface area contributed by atoms with E-state index in [2.05, 4.69) is 37.9 Å². The van der Waals surface area contributed by atoms with Crippen LogP contribution < -0.4 is 5.73 Å². The number of carbonyl (C=O) groups is 2. The number of nitrogens with two attached hydrogens (primary N) is 1. The molecule has 0 aliphatic carbocycles. The minimum atomic E-state index is -1.82. The average Bonchev–Trinajstić information content (AvgIpc) is 2.74. The highest BCUT2D eigenvalue weighted by atomic mass is 16.4. The van der Waals surface area contributed by atoms with Crippen LogP contribution >= 0.6 is 0 Å². The first-order chi connectivity index (χ1) is 9.79. The summed E-state index contributed by atoms with van der Waals surface area (Å²) in [7, 11) is 0. The van der Waals surface area contributed by atoms with Crippen molar-refractivity contribution in [3.05, 3.63) is 34.5 Å². The van der Waals surface area contributed by atoms with E-state index in [0.717, 1.165) is 6.42 Å². The number of aromatic nitrogens is 1. The fourth-order valence-corrected chi connectivity index (χ4v) is 2.27. The molecule has 0 saturated carbocycles. The zero-order valence-electron chi connectivity index (χ0n) is 12.4. The van der Waals surface area contributed by atoms with Crippen LogP contribution in [0.15, 0.2) is 12.1 Å². The lowest BCUT2D eigenvalue weighted by molar-refractivity contribution is -0.159. The zero-order chi connectivity index (χ0) is 16.2. The van der Waals surface area contributed by atoms with Crippen molar-refractivity contribution < 1.29 is 19.8 Å². The van der Waals surface area contributed by atoms with Crippen LogP contribution in [-0.2, 0) is 16.0 Å². The fraction of sp³-hybridized carbons (Fsp3) is 0.333. The Morgan fingerprint density at radius 2 is 1.62 bits per heavy atom. The van der Waals surface area contributed by atoms with Crippen molar-refractivity contribution in [2.45, 2.75) is 27.2 Å². The monoisotopic (exact) mass is 292 g/mol. The van der Waals surface area contributed by atoms with E-state index >= 15 is 0 Å². The first kappa shape index (κ1) is 16.7. The van der Waals surface area contributed by atoms with Crippen molar-refractivity contribution >= 4 is 22.8 Å². The van der Waals surface area contributed by atoms with Crippen molar-refractivity contribution in [1.82, 2.24) is 4.98 Å². The molecule has 5 N–H and O–H groups in total. The predicted octanol–water partition coefficient (Wildman–Crippen LogP) is 1.75. The van der Waals surface area contributed by atoms with Crippen molar-refractivity contribution in [2.75, 3.05) is 6.54 Å². The summed E-state index contributed by atoms with van der Waals surface area (Å²) in [6.45, 7) is 7.14. The van der Waals surface area contributed by atoms with Crippen molar-refractivity contribution in [3.8, 4) is 0 Å². The third-order valence-corrected chi connectivity index (χ3v) is 3.27. The number of aryl methyl sites for hydroxylation is 3. The molecule has 1 heterocycles. The summed E-state index contributed by atoms with van der Waals surface area (Å²) in [5, 5.41) is 16.2. The Hall–Kier alpha value is -2.34. The second kappa shape index (κ2) is 6.90. The lowest BCUT2D eigenvalue weighted by atomic mass is 10.0. The maximum atomic E-state index is 9.10. The molecule has 6 nitrogen and oxygen atoms in total. The van der Waals surface area contributed by atoms with Gasteiger partial charge in [-0.3, -0.25) is 0 Å². The SMILES string of the molecule is Cc1[nH]c2c(C)ccc(C)c2c1CCN.O=C(O)C(=O)O. The van der Waals surface area contributed by atoms with Gasteiger partial charge in [-0.1, -0.05) is 12.1 Å². The highest BCUT2D eigenvalue weighted by Gasteiger charge is 2.11. The third kappa shape index (κ3) is 3.82. The van der Waals surface area contributed by atoms with E-state index in [1.165, 1.54) is 33.3 Å². The van der Waals surface area contributed by atoms with Gasteiger partial charge in [-0.15, -0.1) is 0 Å². The van der Waals surface area contributed by atoms with E-state index in [4.69, 9.17) is 25.5 Å². The Morgan fingerprint density at radius 1 is 1.10 bits per heavy atom. The van der Waals surface area contributed by atoms with E-state index in [1.807, 2.05) is 0 Å². The van der Waals surface area contributed by atoms with Crippen LogP contribution in [0.25, 0.3) is 10.9 Å². The van der Waals surface area contributed by atoms with Gasteiger partial charge in [0.1, 0.15) is 0 Å². The van der Waals surface area contributed by atoms with Crippen LogP contribution in [0.5, 0.6) is 0 Å². The Morgan fingerprint density at radius 3 is 2.10 bits per heavy atom. The van der Waals surface area contributed by atoms with Gasteiger partial charge in [-0.05, 0) is 50.4 Å². The summed E-state index contributed by atoms with van der Waals surface area (Å²) >= 11 is 0. The summed E-state index contributed by atoms with van der Waals surface area (Å²) < 4.78 is 0. The molecule has 2 aromatic rings. The van der Waals surface area contributed by atoms with Crippen LogP contribution in [0.1, 0.15) is 22.4 Å². The first-order valence-electron chi connectivity index (χ1n) is 6.53. The number of hydrogen-bond acceptors (Lipinski definition) is 3. The lowest BCUT2D eigenvalue weighted by Crippen LogP contribution is -2.09. The van der Waals surface area contributed by atoms with E-state index in [1.54, 1.807) is 0 Å². The van der Waals surface area contributed by atoms with Gasteiger partial charge < -0.3 is 20.9 Å². The Labute approximate surface area is 122 Å². The van der Waals surface area contributed by atoms with Gasteiger partial charge in [-0.25, -0.2) is 9.59 Å². The highest BCUT2D eigenvalue weighted by molar-refractivity contribution is 6.27. The quantitative estimate of drug-likeness (QED) is 0.629. The Kier molecular flexibility index (Phi) is 5.49. The Balaban J connectivity index is 0.000000315.